The summed E-state index contributed by atoms with van der Waals surface area (Å²) in [7, 11) is 1.68. The smallest absolute Gasteiger partial charge is 0.253 e. The Labute approximate surface area is 161 Å². The second-order valence-corrected chi connectivity index (χ2v) is 6.39. The van der Waals surface area contributed by atoms with Crippen molar-refractivity contribution in [3.63, 3.8) is 0 Å². The molecule has 6 heteroatoms. The summed E-state index contributed by atoms with van der Waals surface area (Å²) in [4.78, 5) is 17.0. The molecule has 1 aliphatic rings. The summed E-state index contributed by atoms with van der Waals surface area (Å²) < 4.78 is 5.20. The van der Waals surface area contributed by atoms with Crippen LogP contribution in [0.2, 0.25) is 0 Å². The van der Waals surface area contributed by atoms with Gasteiger partial charge < -0.3 is 15.4 Å². The summed E-state index contributed by atoms with van der Waals surface area (Å²) in [6.45, 7) is 4.32. The second-order valence-electron chi connectivity index (χ2n) is 6.39. The number of hydrogen-bond acceptors (Lipinski definition) is 4. The van der Waals surface area contributed by atoms with Gasteiger partial charge in [-0.3, -0.25) is 9.69 Å². The molecular weight excluding hydrogens is 350 g/mol. The highest BCUT2D eigenvalue weighted by atomic mass is 35.5. The lowest BCUT2D eigenvalue weighted by atomic mass is 10.2. The van der Waals surface area contributed by atoms with Gasteiger partial charge in [0, 0.05) is 44.0 Å². The lowest BCUT2D eigenvalue weighted by Gasteiger charge is -2.22. The highest BCUT2D eigenvalue weighted by Crippen LogP contribution is 2.15. The molecule has 2 aromatic rings. The molecule has 140 valence electrons. The topological polar surface area (TPSA) is 58.8 Å². The normalized spacial score (nSPS) is 15.0. The van der Waals surface area contributed by atoms with E-state index in [2.05, 4.69) is 17.0 Å². The van der Waals surface area contributed by atoms with Gasteiger partial charge in [0.05, 0.1) is 7.11 Å². The molecule has 1 fully saturated rings. The van der Waals surface area contributed by atoms with Crippen molar-refractivity contribution in [1.29, 1.82) is 0 Å². The van der Waals surface area contributed by atoms with Crippen LogP contribution in [-0.2, 0) is 6.54 Å². The molecule has 0 aliphatic carbocycles. The minimum absolute atomic E-state index is 0. The molecule has 1 heterocycles. The minimum Gasteiger partial charge on any atom is -0.497 e. The molecule has 2 aromatic carbocycles. The number of carbonyl (C=O) groups excluding carboxylic acids is 1. The SMILES string of the molecule is COc1ccc(CN2CCCN(C(=O)c3ccc(N)cc3)CC2)cc1.Cl. The molecule has 0 saturated carbocycles. The molecule has 0 bridgehead atoms. The number of methoxy groups -OCH3 is 1. The first-order valence-corrected chi connectivity index (χ1v) is 8.66. The second kappa shape index (κ2) is 9.46. The Morgan fingerprint density at radius 2 is 1.69 bits per heavy atom. The first kappa shape index (κ1) is 20.1. The molecule has 2 N–H and O–H groups in total. The summed E-state index contributed by atoms with van der Waals surface area (Å²) in [5.41, 5.74) is 8.35. The summed E-state index contributed by atoms with van der Waals surface area (Å²) in [5.74, 6) is 0.964. The van der Waals surface area contributed by atoms with Crippen molar-refractivity contribution in [2.75, 3.05) is 39.0 Å². The van der Waals surface area contributed by atoms with Crippen LogP contribution in [0.25, 0.3) is 0 Å². The van der Waals surface area contributed by atoms with Crippen LogP contribution in [0.1, 0.15) is 22.3 Å². The van der Waals surface area contributed by atoms with Gasteiger partial charge in [-0.05, 0) is 48.4 Å². The first-order chi connectivity index (χ1) is 12.2. The highest BCUT2D eigenvalue weighted by Gasteiger charge is 2.20. The van der Waals surface area contributed by atoms with Gasteiger partial charge >= 0.3 is 0 Å². The Bertz CT molecular complexity index is 704. The number of halogens is 1. The summed E-state index contributed by atoms with van der Waals surface area (Å²) in [6.07, 6.45) is 0.983. The number of hydrogen-bond donors (Lipinski definition) is 1. The highest BCUT2D eigenvalue weighted by molar-refractivity contribution is 5.94. The van der Waals surface area contributed by atoms with Crippen molar-refractivity contribution in [3.8, 4) is 5.75 Å². The summed E-state index contributed by atoms with van der Waals surface area (Å²) >= 11 is 0. The van der Waals surface area contributed by atoms with E-state index in [-0.39, 0.29) is 18.3 Å². The van der Waals surface area contributed by atoms with Gasteiger partial charge in [-0.2, -0.15) is 0 Å². The predicted molar refractivity (Wildman–Crippen MR) is 107 cm³/mol. The van der Waals surface area contributed by atoms with Gasteiger partial charge in [0.25, 0.3) is 5.91 Å². The van der Waals surface area contributed by atoms with E-state index >= 15 is 0 Å². The maximum Gasteiger partial charge on any atom is 0.253 e. The number of ether oxygens (including phenoxy) is 1. The van der Waals surface area contributed by atoms with Crippen molar-refractivity contribution < 1.29 is 9.53 Å². The van der Waals surface area contributed by atoms with Gasteiger partial charge in [-0.25, -0.2) is 0 Å². The molecule has 0 radical (unpaired) electrons. The Kier molecular flexibility index (Phi) is 7.30. The Morgan fingerprint density at radius 3 is 2.35 bits per heavy atom. The van der Waals surface area contributed by atoms with Crippen molar-refractivity contribution in [2.24, 2.45) is 0 Å². The first-order valence-electron chi connectivity index (χ1n) is 8.66. The number of rotatable bonds is 4. The number of amides is 1. The van der Waals surface area contributed by atoms with Crippen LogP contribution in [0.15, 0.2) is 48.5 Å². The van der Waals surface area contributed by atoms with Crippen LogP contribution in [0.3, 0.4) is 0 Å². The number of anilines is 1. The summed E-state index contributed by atoms with van der Waals surface area (Å²) in [6, 6.07) is 15.3. The fourth-order valence-corrected chi connectivity index (χ4v) is 3.13. The third-order valence-electron chi connectivity index (χ3n) is 4.60. The molecule has 1 aliphatic heterocycles. The molecule has 0 unspecified atom stereocenters. The maximum atomic E-state index is 12.7. The molecule has 3 rings (SSSR count). The number of benzene rings is 2. The van der Waals surface area contributed by atoms with Crippen LogP contribution in [0.4, 0.5) is 5.69 Å². The maximum absolute atomic E-state index is 12.7. The van der Waals surface area contributed by atoms with E-state index in [1.165, 1.54) is 5.56 Å². The van der Waals surface area contributed by atoms with E-state index in [1.54, 1.807) is 31.4 Å². The monoisotopic (exact) mass is 375 g/mol. The fourth-order valence-electron chi connectivity index (χ4n) is 3.13. The van der Waals surface area contributed by atoms with E-state index in [9.17, 15) is 4.79 Å². The Morgan fingerprint density at radius 1 is 1.00 bits per heavy atom. The zero-order valence-corrected chi connectivity index (χ0v) is 15.9. The minimum atomic E-state index is 0. The Balaban J connectivity index is 0.00000243. The molecular formula is C20H26ClN3O2. The number of nitrogens with zero attached hydrogens (tertiary/aromatic N) is 2. The molecule has 26 heavy (non-hydrogen) atoms. The number of nitrogen functional groups attached to an aromatic ring is 1. The average Bonchev–Trinajstić information content (AvgIpc) is 2.88. The largest absolute Gasteiger partial charge is 0.497 e. The predicted octanol–water partition coefficient (Wildman–Crippen LogP) is 3.05. The van der Waals surface area contributed by atoms with E-state index in [0.29, 0.717) is 11.3 Å². The molecule has 0 aromatic heterocycles. The van der Waals surface area contributed by atoms with Gasteiger partial charge in [0.1, 0.15) is 5.75 Å². The van der Waals surface area contributed by atoms with Crippen molar-refractivity contribution in [1.82, 2.24) is 9.80 Å². The lowest BCUT2D eigenvalue weighted by molar-refractivity contribution is 0.0761. The van der Waals surface area contributed by atoms with E-state index in [0.717, 1.165) is 44.9 Å². The van der Waals surface area contributed by atoms with Gasteiger partial charge in [0.15, 0.2) is 0 Å². The van der Waals surface area contributed by atoms with Gasteiger partial charge in [-0.1, -0.05) is 12.1 Å². The van der Waals surface area contributed by atoms with Crippen LogP contribution >= 0.6 is 12.4 Å². The lowest BCUT2D eigenvalue weighted by Crippen LogP contribution is -2.35. The quantitative estimate of drug-likeness (QED) is 0.834. The van der Waals surface area contributed by atoms with Crippen LogP contribution < -0.4 is 10.5 Å². The standard InChI is InChI=1S/C20H25N3O2.ClH/c1-25-19-9-3-16(4-10-19)15-22-11-2-12-23(14-13-22)20(24)17-5-7-18(21)8-6-17;/h3-10H,2,11-15,21H2,1H3;1H. The molecule has 5 nitrogen and oxygen atoms in total. The zero-order chi connectivity index (χ0) is 17.6. The molecule has 1 amide bonds. The van der Waals surface area contributed by atoms with E-state index in [4.69, 9.17) is 10.5 Å². The van der Waals surface area contributed by atoms with Gasteiger partial charge in [0.2, 0.25) is 0 Å². The number of carbonyl (C=O) groups is 1. The van der Waals surface area contributed by atoms with Crippen LogP contribution in [0.5, 0.6) is 5.75 Å². The average molecular weight is 376 g/mol. The van der Waals surface area contributed by atoms with E-state index < -0.39 is 0 Å². The number of nitrogens with two attached hydrogens (primary N) is 1. The third-order valence-corrected chi connectivity index (χ3v) is 4.60. The molecule has 0 spiro atoms. The van der Waals surface area contributed by atoms with Crippen molar-refractivity contribution >= 4 is 24.0 Å². The third kappa shape index (κ3) is 5.13. The summed E-state index contributed by atoms with van der Waals surface area (Å²) in [5, 5.41) is 0. The molecule has 1 saturated heterocycles. The Hall–Kier alpha value is -2.24. The van der Waals surface area contributed by atoms with Gasteiger partial charge in [-0.15, -0.1) is 12.4 Å². The van der Waals surface area contributed by atoms with Crippen LogP contribution in [-0.4, -0.2) is 49.0 Å². The fraction of sp³-hybridized carbons (Fsp3) is 0.350. The van der Waals surface area contributed by atoms with Crippen molar-refractivity contribution in [3.05, 3.63) is 59.7 Å². The van der Waals surface area contributed by atoms with Crippen molar-refractivity contribution in [2.45, 2.75) is 13.0 Å². The van der Waals surface area contributed by atoms with E-state index in [1.807, 2.05) is 17.0 Å². The van der Waals surface area contributed by atoms with Crippen LogP contribution in [0, 0.1) is 0 Å². The molecule has 0 atom stereocenters. The zero-order valence-electron chi connectivity index (χ0n) is 15.1.